The molecular weight excluding hydrogens is 296 g/mol. The summed E-state index contributed by atoms with van der Waals surface area (Å²) in [4.78, 5) is 14.9. The van der Waals surface area contributed by atoms with E-state index in [4.69, 9.17) is 11.6 Å². The zero-order valence-corrected chi connectivity index (χ0v) is 14.2. The van der Waals surface area contributed by atoms with Crippen molar-refractivity contribution in [1.29, 1.82) is 0 Å². The second-order valence-corrected chi connectivity index (χ2v) is 6.55. The number of piperidine rings is 1. The SMILES string of the molecule is CCCCCN(Cc1ccc(Cl)cc1)C(=O)C1CCNCC1. The monoisotopic (exact) mass is 322 g/mol. The summed E-state index contributed by atoms with van der Waals surface area (Å²) in [7, 11) is 0. The molecule has 0 radical (unpaired) electrons. The minimum Gasteiger partial charge on any atom is -0.338 e. The molecule has 122 valence electrons. The molecule has 2 rings (SSSR count). The number of halogens is 1. The van der Waals surface area contributed by atoms with Gasteiger partial charge in [-0.2, -0.15) is 0 Å². The Morgan fingerprint density at radius 1 is 1.23 bits per heavy atom. The van der Waals surface area contributed by atoms with E-state index in [-0.39, 0.29) is 5.92 Å². The van der Waals surface area contributed by atoms with Gasteiger partial charge in [-0.25, -0.2) is 0 Å². The summed E-state index contributed by atoms with van der Waals surface area (Å²) >= 11 is 5.95. The van der Waals surface area contributed by atoms with Crippen LogP contribution in [0.1, 0.15) is 44.6 Å². The molecule has 1 heterocycles. The highest BCUT2D eigenvalue weighted by atomic mass is 35.5. The highest BCUT2D eigenvalue weighted by Crippen LogP contribution is 2.19. The number of nitrogens with one attached hydrogen (secondary N) is 1. The number of benzene rings is 1. The molecule has 22 heavy (non-hydrogen) atoms. The van der Waals surface area contributed by atoms with Gasteiger partial charge in [-0.05, 0) is 50.0 Å². The summed E-state index contributed by atoms with van der Waals surface area (Å²) in [6, 6.07) is 7.84. The Morgan fingerprint density at radius 3 is 2.55 bits per heavy atom. The van der Waals surface area contributed by atoms with Crippen LogP contribution in [0.4, 0.5) is 0 Å². The topological polar surface area (TPSA) is 32.3 Å². The van der Waals surface area contributed by atoms with Crippen molar-refractivity contribution in [3.05, 3.63) is 34.9 Å². The number of hydrogen-bond donors (Lipinski definition) is 1. The van der Waals surface area contributed by atoms with Crippen LogP contribution < -0.4 is 5.32 Å². The van der Waals surface area contributed by atoms with Crippen molar-refractivity contribution in [2.75, 3.05) is 19.6 Å². The van der Waals surface area contributed by atoms with Gasteiger partial charge in [0.1, 0.15) is 0 Å². The number of carbonyl (C=O) groups is 1. The number of rotatable bonds is 7. The van der Waals surface area contributed by atoms with E-state index < -0.39 is 0 Å². The first-order valence-corrected chi connectivity index (χ1v) is 8.82. The number of amides is 1. The summed E-state index contributed by atoms with van der Waals surface area (Å²) in [6.07, 6.45) is 5.36. The van der Waals surface area contributed by atoms with Crippen molar-refractivity contribution in [2.24, 2.45) is 5.92 Å². The molecule has 1 aliphatic rings. The van der Waals surface area contributed by atoms with Crippen LogP contribution >= 0.6 is 11.6 Å². The van der Waals surface area contributed by atoms with Gasteiger partial charge in [0, 0.05) is 24.0 Å². The first-order chi connectivity index (χ1) is 10.7. The molecule has 0 saturated carbocycles. The fourth-order valence-corrected chi connectivity index (χ4v) is 3.08. The molecule has 1 amide bonds. The lowest BCUT2D eigenvalue weighted by Crippen LogP contribution is -2.41. The predicted octanol–water partition coefficient (Wildman–Crippen LogP) is 3.86. The molecule has 4 heteroatoms. The van der Waals surface area contributed by atoms with Gasteiger partial charge in [0.25, 0.3) is 0 Å². The van der Waals surface area contributed by atoms with Crippen molar-refractivity contribution < 1.29 is 4.79 Å². The van der Waals surface area contributed by atoms with Crippen LogP contribution in [-0.4, -0.2) is 30.4 Å². The third-order valence-corrected chi connectivity index (χ3v) is 4.57. The summed E-state index contributed by atoms with van der Waals surface area (Å²) < 4.78 is 0. The molecule has 0 aliphatic carbocycles. The van der Waals surface area contributed by atoms with Crippen LogP contribution in [0.2, 0.25) is 5.02 Å². The van der Waals surface area contributed by atoms with E-state index >= 15 is 0 Å². The third-order valence-electron chi connectivity index (χ3n) is 4.32. The quantitative estimate of drug-likeness (QED) is 0.773. The van der Waals surface area contributed by atoms with E-state index in [9.17, 15) is 4.79 Å². The molecule has 1 aliphatic heterocycles. The largest absolute Gasteiger partial charge is 0.338 e. The average molecular weight is 323 g/mol. The normalized spacial score (nSPS) is 15.7. The minimum absolute atomic E-state index is 0.190. The van der Waals surface area contributed by atoms with Crippen LogP contribution in [-0.2, 0) is 11.3 Å². The summed E-state index contributed by atoms with van der Waals surface area (Å²) in [5.41, 5.74) is 1.16. The molecule has 0 unspecified atom stereocenters. The molecule has 1 aromatic carbocycles. The summed E-state index contributed by atoms with van der Waals surface area (Å²) in [5, 5.41) is 4.07. The van der Waals surface area contributed by atoms with Crippen molar-refractivity contribution in [3.63, 3.8) is 0 Å². The number of hydrogen-bond acceptors (Lipinski definition) is 2. The highest BCUT2D eigenvalue weighted by molar-refractivity contribution is 6.30. The average Bonchev–Trinajstić information content (AvgIpc) is 2.56. The van der Waals surface area contributed by atoms with Crippen LogP contribution in [0.15, 0.2) is 24.3 Å². The Hall–Kier alpha value is -1.06. The van der Waals surface area contributed by atoms with E-state index in [1.54, 1.807) is 0 Å². The number of unbranched alkanes of at least 4 members (excludes halogenated alkanes) is 2. The first kappa shape index (κ1) is 17.3. The van der Waals surface area contributed by atoms with Crippen molar-refractivity contribution in [3.8, 4) is 0 Å². The molecular formula is C18H27ClN2O. The van der Waals surface area contributed by atoms with Gasteiger partial charge in [0.15, 0.2) is 0 Å². The Balaban J connectivity index is 2.00. The second-order valence-electron chi connectivity index (χ2n) is 6.12. The number of carbonyl (C=O) groups excluding carboxylic acids is 1. The molecule has 3 nitrogen and oxygen atoms in total. The molecule has 1 N–H and O–H groups in total. The third kappa shape index (κ3) is 5.29. The zero-order chi connectivity index (χ0) is 15.8. The first-order valence-electron chi connectivity index (χ1n) is 8.44. The highest BCUT2D eigenvalue weighted by Gasteiger charge is 2.25. The lowest BCUT2D eigenvalue weighted by atomic mass is 9.96. The van der Waals surface area contributed by atoms with Crippen molar-refractivity contribution >= 4 is 17.5 Å². The van der Waals surface area contributed by atoms with Gasteiger partial charge >= 0.3 is 0 Å². The maximum atomic E-state index is 12.8. The van der Waals surface area contributed by atoms with Gasteiger partial charge in [0.05, 0.1) is 0 Å². The van der Waals surface area contributed by atoms with E-state index in [1.807, 2.05) is 24.3 Å². The van der Waals surface area contributed by atoms with Crippen LogP contribution in [0.3, 0.4) is 0 Å². The molecule has 0 atom stereocenters. The van der Waals surface area contributed by atoms with E-state index in [0.29, 0.717) is 12.5 Å². The van der Waals surface area contributed by atoms with Crippen LogP contribution in [0, 0.1) is 5.92 Å². The minimum atomic E-state index is 0.190. The van der Waals surface area contributed by atoms with E-state index in [0.717, 1.165) is 49.5 Å². The fourth-order valence-electron chi connectivity index (χ4n) is 2.96. The molecule has 1 aromatic rings. The van der Waals surface area contributed by atoms with Gasteiger partial charge in [-0.1, -0.05) is 43.5 Å². The Morgan fingerprint density at radius 2 is 1.91 bits per heavy atom. The second kappa shape index (κ2) is 9.16. The van der Waals surface area contributed by atoms with Crippen LogP contribution in [0.5, 0.6) is 0 Å². The molecule has 1 fully saturated rings. The summed E-state index contributed by atoms with van der Waals surface area (Å²) in [5.74, 6) is 0.516. The van der Waals surface area contributed by atoms with Crippen LogP contribution in [0.25, 0.3) is 0 Å². The van der Waals surface area contributed by atoms with Gasteiger partial charge in [-0.3, -0.25) is 4.79 Å². The van der Waals surface area contributed by atoms with Crippen molar-refractivity contribution in [2.45, 2.75) is 45.6 Å². The van der Waals surface area contributed by atoms with Crippen molar-refractivity contribution in [1.82, 2.24) is 10.2 Å². The summed E-state index contributed by atoms with van der Waals surface area (Å²) in [6.45, 7) is 5.67. The van der Waals surface area contributed by atoms with Gasteiger partial charge in [-0.15, -0.1) is 0 Å². The number of nitrogens with zero attached hydrogens (tertiary/aromatic N) is 1. The predicted molar refractivity (Wildman–Crippen MR) is 92.0 cm³/mol. The maximum absolute atomic E-state index is 12.8. The lowest BCUT2D eigenvalue weighted by molar-refractivity contribution is -0.137. The Labute approximate surface area is 139 Å². The Kier molecular flexibility index (Phi) is 7.20. The molecule has 0 aromatic heterocycles. The van der Waals surface area contributed by atoms with E-state index in [2.05, 4.69) is 17.1 Å². The van der Waals surface area contributed by atoms with E-state index in [1.165, 1.54) is 12.8 Å². The molecule has 0 bridgehead atoms. The zero-order valence-electron chi connectivity index (χ0n) is 13.5. The standard InChI is InChI=1S/C18H27ClN2O/c1-2-3-4-13-21(14-15-5-7-17(19)8-6-15)18(22)16-9-11-20-12-10-16/h5-8,16,20H,2-4,9-14H2,1H3. The Bertz CT molecular complexity index is 455. The smallest absolute Gasteiger partial charge is 0.226 e. The fraction of sp³-hybridized carbons (Fsp3) is 0.611. The molecule has 0 spiro atoms. The van der Waals surface area contributed by atoms with Gasteiger partial charge in [0.2, 0.25) is 5.91 Å². The lowest BCUT2D eigenvalue weighted by Gasteiger charge is -2.30. The van der Waals surface area contributed by atoms with Gasteiger partial charge < -0.3 is 10.2 Å². The maximum Gasteiger partial charge on any atom is 0.226 e. The molecule has 1 saturated heterocycles.